The number of aliphatic hydroxyl groups excluding tert-OH is 7. The van der Waals surface area contributed by atoms with E-state index in [9.17, 15) is 30.6 Å². The molecular formula is C20H38O11. The molecule has 0 saturated carbocycles. The molecule has 2 saturated heterocycles. The molecule has 7 N–H and O–H groups in total. The molecule has 0 amide bonds. The van der Waals surface area contributed by atoms with E-state index in [2.05, 4.69) is 6.92 Å². The molecule has 184 valence electrons. The molecule has 2 fully saturated rings. The van der Waals surface area contributed by atoms with Crippen LogP contribution >= 0.6 is 0 Å². The highest BCUT2D eigenvalue weighted by Crippen LogP contribution is 2.28. The maximum absolute atomic E-state index is 10.3. The molecule has 2 heterocycles. The second-order valence-corrected chi connectivity index (χ2v) is 8.19. The predicted molar refractivity (Wildman–Crippen MR) is 106 cm³/mol. The van der Waals surface area contributed by atoms with Crippen molar-refractivity contribution in [2.75, 3.05) is 19.8 Å². The molecule has 0 unspecified atom stereocenters. The molecule has 0 aromatic rings. The van der Waals surface area contributed by atoms with Gasteiger partial charge in [0.05, 0.1) is 13.2 Å². The molecule has 0 spiro atoms. The standard InChI is InChI=1S/C20H38O11/c1-2-3-4-5-6-7-8-28-19-15(26)14(25)18(31-19)12(23)10-29-20-16(27)13(24)17(30-20)11(22)9-21/h11-27H,2-10H2,1H3/t11-,12-,13+,14+,15+,16+,17-,18-,19+,20+/m0/s1. The predicted octanol–water partition coefficient (Wildman–Crippen LogP) is -2.01. The van der Waals surface area contributed by atoms with Crippen molar-refractivity contribution >= 4 is 0 Å². The lowest BCUT2D eigenvalue weighted by atomic mass is 10.1. The fourth-order valence-corrected chi connectivity index (χ4v) is 3.73. The molecule has 31 heavy (non-hydrogen) atoms. The fraction of sp³-hybridized carbons (Fsp3) is 1.00. The van der Waals surface area contributed by atoms with Crippen molar-refractivity contribution in [3.63, 3.8) is 0 Å². The first kappa shape index (κ1) is 26.8. The molecule has 0 bridgehead atoms. The third-order valence-corrected chi connectivity index (χ3v) is 5.67. The quantitative estimate of drug-likeness (QED) is 0.144. The minimum absolute atomic E-state index is 0.356. The van der Waals surface area contributed by atoms with Gasteiger partial charge in [-0.25, -0.2) is 0 Å². The summed E-state index contributed by atoms with van der Waals surface area (Å²) in [5.41, 5.74) is 0. The second-order valence-electron chi connectivity index (χ2n) is 8.19. The Balaban J connectivity index is 1.73. The van der Waals surface area contributed by atoms with E-state index in [1.807, 2.05) is 0 Å². The van der Waals surface area contributed by atoms with E-state index in [4.69, 9.17) is 24.1 Å². The highest BCUT2D eigenvalue weighted by Gasteiger charge is 2.49. The van der Waals surface area contributed by atoms with Gasteiger partial charge in [-0.15, -0.1) is 0 Å². The largest absolute Gasteiger partial charge is 0.394 e. The third-order valence-electron chi connectivity index (χ3n) is 5.67. The van der Waals surface area contributed by atoms with Crippen LogP contribution in [0.3, 0.4) is 0 Å². The maximum atomic E-state index is 10.3. The van der Waals surface area contributed by atoms with E-state index in [1.54, 1.807) is 0 Å². The molecule has 11 nitrogen and oxygen atoms in total. The second kappa shape index (κ2) is 13.3. The lowest BCUT2D eigenvalue weighted by Gasteiger charge is -2.23. The van der Waals surface area contributed by atoms with Crippen LogP contribution in [0.1, 0.15) is 45.4 Å². The SMILES string of the molecule is CCCCCCCCO[C@@H]1O[C@@H]([C@@H](O)CO[C@@H]2O[C@@H]([C@@H](O)CO)[C@H](O)[C@H]2O)[C@H](O)[C@H]1O. The highest BCUT2D eigenvalue weighted by atomic mass is 16.7. The first-order valence-electron chi connectivity index (χ1n) is 11.0. The van der Waals surface area contributed by atoms with Crippen molar-refractivity contribution in [3.8, 4) is 0 Å². The van der Waals surface area contributed by atoms with Gasteiger partial charge in [0.1, 0.15) is 48.8 Å². The van der Waals surface area contributed by atoms with Crippen LogP contribution in [-0.2, 0) is 18.9 Å². The Labute approximate surface area is 182 Å². The van der Waals surface area contributed by atoms with E-state index in [0.717, 1.165) is 19.3 Å². The number of hydrogen-bond acceptors (Lipinski definition) is 11. The number of ether oxygens (including phenoxy) is 4. The van der Waals surface area contributed by atoms with Gasteiger partial charge in [-0.3, -0.25) is 0 Å². The number of rotatable bonds is 14. The Morgan fingerprint density at radius 1 is 0.710 bits per heavy atom. The van der Waals surface area contributed by atoms with Crippen molar-refractivity contribution in [2.24, 2.45) is 0 Å². The van der Waals surface area contributed by atoms with Gasteiger partial charge in [0.15, 0.2) is 12.6 Å². The van der Waals surface area contributed by atoms with Gasteiger partial charge in [0.2, 0.25) is 0 Å². The molecule has 2 aliphatic heterocycles. The number of aliphatic hydroxyl groups is 7. The van der Waals surface area contributed by atoms with Crippen molar-refractivity contribution in [2.45, 2.75) is 107 Å². The van der Waals surface area contributed by atoms with Gasteiger partial charge >= 0.3 is 0 Å². The summed E-state index contributed by atoms with van der Waals surface area (Å²) in [6.45, 7) is 1.38. The molecule has 0 aromatic heterocycles. The maximum Gasteiger partial charge on any atom is 0.186 e. The zero-order valence-corrected chi connectivity index (χ0v) is 17.9. The van der Waals surface area contributed by atoms with Gasteiger partial charge < -0.3 is 54.7 Å². The van der Waals surface area contributed by atoms with Gasteiger partial charge in [-0.05, 0) is 6.42 Å². The fourth-order valence-electron chi connectivity index (χ4n) is 3.73. The van der Waals surface area contributed by atoms with E-state index in [-0.39, 0.29) is 0 Å². The van der Waals surface area contributed by atoms with Crippen LogP contribution < -0.4 is 0 Å². The van der Waals surface area contributed by atoms with Crippen molar-refractivity contribution in [3.05, 3.63) is 0 Å². The smallest absolute Gasteiger partial charge is 0.186 e. The van der Waals surface area contributed by atoms with E-state index in [1.165, 1.54) is 19.3 Å². The summed E-state index contributed by atoms with van der Waals surface area (Å²) in [7, 11) is 0. The van der Waals surface area contributed by atoms with Crippen LogP contribution in [0.4, 0.5) is 0 Å². The van der Waals surface area contributed by atoms with Gasteiger partial charge in [-0.1, -0.05) is 39.0 Å². The molecule has 0 radical (unpaired) electrons. The van der Waals surface area contributed by atoms with E-state index in [0.29, 0.717) is 6.61 Å². The lowest BCUT2D eigenvalue weighted by Crippen LogP contribution is -2.43. The van der Waals surface area contributed by atoms with E-state index >= 15 is 0 Å². The summed E-state index contributed by atoms with van der Waals surface area (Å²) in [5, 5.41) is 69.0. The van der Waals surface area contributed by atoms with Crippen LogP contribution in [0, 0.1) is 0 Å². The van der Waals surface area contributed by atoms with Crippen molar-refractivity contribution in [1.82, 2.24) is 0 Å². The van der Waals surface area contributed by atoms with Crippen LogP contribution in [0.5, 0.6) is 0 Å². The Kier molecular flexibility index (Phi) is 11.5. The summed E-state index contributed by atoms with van der Waals surface area (Å²) in [4.78, 5) is 0. The average molecular weight is 455 g/mol. The average Bonchev–Trinajstić information content (AvgIpc) is 3.21. The molecule has 10 atom stereocenters. The minimum Gasteiger partial charge on any atom is -0.394 e. The summed E-state index contributed by atoms with van der Waals surface area (Å²) in [5.74, 6) is 0. The monoisotopic (exact) mass is 454 g/mol. The first-order chi connectivity index (χ1) is 14.8. The molecule has 2 rings (SSSR count). The zero-order chi connectivity index (χ0) is 23.0. The van der Waals surface area contributed by atoms with Crippen molar-refractivity contribution in [1.29, 1.82) is 0 Å². The molecule has 2 aliphatic rings. The number of hydrogen-bond donors (Lipinski definition) is 7. The molecule has 0 aromatic carbocycles. The van der Waals surface area contributed by atoms with Crippen LogP contribution in [-0.4, -0.2) is 117 Å². The Morgan fingerprint density at radius 2 is 1.23 bits per heavy atom. The van der Waals surface area contributed by atoms with E-state index < -0.39 is 74.6 Å². The molecule has 11 heteroatoms. The number of unbranched alkanes of at least 4 members (excludes halogenated alkanes) is 5. The summed E-state index contributed by atoms with van der Waals surface area (Å²) in [6, 6.07) is 0. The highest BCUT2D eigenvalue weighted by molar-refractivity contribution is 4.93. The first-order valence-corrected chi connectivity index (χ1v) is 11.0. The third kappa shape index (κ3) is 7.27. The van der Waals surface area contributed by atoms with Crippen molar-refractivity contribution < 1.29 is 54.7 Å². The van der Waals surface area contributed by atoms with Crippen LogP contribution in [0.15, 0.2) is 0 Å². The Morgan fingerprint density at radius 3 is 1.81 bits per heavy atom. The molecule has 0 aliphatic carbocycles. The lowest BCUT2D eigenvalue weighted by molar-refractivity contribution is -0.211. The Hall–Kier alpha value is -0.440. The Bertz CT molecular complexity index is 496. The normalized spacial score (nSPS) is 37.9. The van der Waals surface area contributed by atoms with Gasteiger partial charge in [0, 0.05) is 6.61 Å². The van der Waals surface area contributed by atoms with Gasteiger partial charge in [-0.2, -0.15) is 0 Å². The zero-order valence-electron chi connectivity index (χ0n) is 17.9. The van der Waals surface area contributed by atoms with Crippen LogP contribution in [0.2, 0.25) is 0 Å². The van der Waals surface area contributed by atoms with Crippen LogP contribution in [0.25, 0.3) is 0 Å². The summed E-state index contributed by atoms with van der Waals surface area (Å²) in [6.07, 6.45) is -6.99. The molecular weight excluding hydrogens is 416 g/mol. The summed E-state index contributed by atoms with van der Waals surface area (Å²) < 4.78 is 21.4. The topological polar surface area (TPSA) is 179 Å². The minimum atomic E-state index is -1.51. The van der Waals surface area contributed by atoms with Gasteiger partial charge in [0.25, 0.3) is 0 Å². The summed E-state index contributed by atoms with van der Waals surface area (Å²) >= 11 is 0.